The van der Waals surface area contributed by atoms with E-state index in [0.717, 1.165) is 24.6 Å². The molecule has 2 aliphatic rings. The van der Waals surface area contributed by atoms with E-state index in [1.54, 1.807) is 0 Å². The highest BCUT2D eigenvalue weighted by atomic mass is 16.1. The highest BCUT2D eigenvalue weighted by Crippen LogP contribution is 2.30. The number of piperidine rings is 2. The zero-order valence-electron chi connectivity index (χ0n) is 10.8. The van der Waals surface area contributed by atoms with E-state index in [1.807, 2.05) is 30.3 Å². The summed E-state index contributed by atoms with van der Waals surface area (Å²) in [5.41, 5.74) is 0.887. The maximum Gasteiger partial charge on any atom is 0.167 e. The zero-order chi connectivity index (χ0) is 12.4. The van der Waals surface area contributed by atoms with Crippen LogP contribution >= 0.6 is 0 Å². The molecule has 2 unspecified atom stereocenters. The first-order valence-corrected chi connectivity index (χ1v) is 7.18. The summed E-state index contributed by atoms with van der Waals surface area (Å²) in [7, 11) is 0. The summed E-state index contributed by atoms with van der Waals surface area (Å²) in [5.74, 6) is 0.571. The van der Waals surface area contributed by atoms with Gasteiger partial charge in [0.25, 0.3) is 0 Å². The molecule has 2 atom stereocenters. The van der Waals surface area contributed by atoms with Crippen molar-refractivity contribution in [2.45, 2.75) is 38.1 Å². The number of carbonyl (C=O) groups is 1. The van der Waals surface area contributed by atoms with Gasteiger partial charge in [-0.3, -0.25) is 9.69 Å². The minimum Gasteiger partial charge on any atom is -0.300 e. The number of ketones is 1. The van der Waals surface area contributed by atoms with E-state index < -0.39 is 0 Å². The third-order valence-electron chi connectivity index (χ3n) is 4.48. The molecular weight excluding hydrogens is 222 g/mol. The van der Waals surface area contributed by atoms with Crippen molar-refractivity contribution in [2.24, 2.45) is 5.92 Å². The summed E-state index contributed by atoms with van der Waals surface area (Å²) in [6.45, 7) is 2.18. The fourth-order valence-corrected chi connectivity index (χ4v) is 3.45. The van der Waals surface area contributed by atoms with Crippen LogP contribution in [-0.4, -0.2) is 29.8 Å². The van der Waals surface area contributed by atoms with E-state index in [-0.39, 0.29) is 5.92 Å². The lowest BCUT2D eigenvalue weighted by Gasteiger charge is -2.42. The van der Waals surface area contributed by atoms with Crippen LogP contribution in [0.3, 0.4) is 0 Å². The van der Waals surface area contributed by atoms with E-state index in [2.05, 4.69) is 4.90 Å². The fourth-order valence-electron chi connectivity index (χ4n) is 3.45. The number of hydrogen-bond acceptors (Lipinski definition) is 2. The predicted molar refractivity (Wildman–Crippen MR) is 72.7 cm³/mol. The highest BCUT2D eigenvalue weighted by molar-refractivity contribution is 5.98. The summed E-state index contributed by atoms with van der Waals surface area (Å²) < 4.78 is 0. The lowest BCUT2D eigenvalue weighted by atomic mass is 9.84. The van der Waals surface area contributed by atoms with Gasteiger partial charge in [0.15, 0.2) is 5.78 Å². The van der Waals surface area contributed by atoms with Gasteiger partial charge in [-0.25, -0.2) is 0 Å². The molecule has 2 heteroatoms. The first-order chi connectivity index (χ1) is 8.84. The molecule has 0 aromatic heterocycles. The summed E-state index contributed by atoms with van der Waals surface area (Å²) in [6, 6.07) is 10.5. The maximum absolute atomic E-state index is 12.4. The highest BCUT2D eigenvalue weighted by Gasteiger charge is 2.33. The number of nitrogens with zero attached hydrogens (tertiary/aromatic N) is 1. The third kappa shape index (κ3) is 2.35. The van der Waals surface area contributed by atoms with Crippen molar-refractivity contribution in [1.29, 1.82) is 0 Å². The first kappa shape index (κ1) is 11.9. The van der Waals surface area contributed by atoms with Crippen LogP contribution in [0.25, 0.3) is 0 Å². The largest absolute Gasteiger partial charge is 0.300 e. The van der Waals surface area contributed by atoms with Crippen molar-refractivity contribution >= 4 is 5.78 Å². The quantitative estimate of drug-likeness (QED) is 0.744. The Balaban J connectivity index is 1.69. The van der Waals surface area contributed by atoms with Crippen molar-refractivity contribution < 1.29 is 4.79 Å². The fraction of sp³-hybridized carbons (Fsp3) is 0.562. The number of fused-ring (bicyclic) bond motifs is 1. The average molecular weight is 243 g/mol. The van der Waals surface area contributed by atoms with Gasteiger partial charge in [-0.2, -0.15) is 0 Å². The van der Waals surface area contributed by atoms with Gasteiger partial charge in [0.05, 0.1) is 0 Å². The van der Waals surface area contributed by atoms with Gasteiger partial charge in [0, 0.05) is 24.1 Å². The van der Waals surface area contributed by atoms with Gasteiger partial charge in [-0.15, -0.1) is 0 Å². The van der Waals surface area contributed by atoms with Gasteiger partial charge in [-0.05, 0) is 32.2 Å². The molecule has 1 aromatic rings. The Morgan fingerprint density at radius 1 is 1.06 bits per heavy atom. The molecule has 0 N–H and O–H groups in total. The van der Waals surface area contributed by atoms with Crippen molar-refractivity contribution in [2.75, 3.05) is 13.1 Å². The maximum atomic E-state index is 12.4. The predicted octanol–water partition coefficient (Wildman–Crippen LogP) is 3.13. The van der Waals surface area contributed by atoms with Crippen LogP contribution in [0.1, 0.15) is 42.5 Å². The number of hydrogen-bond donors (Lipinski definition) is 0. The summed E-state index contributed by atoms with van der Waals surface area (Å²) in [5, 5.41) is 0. The molecule has 0 spiro atoms. The molecule has 2 aliphatic heterocycles. The van der Waals surface area contributed by atoms with Crippen molar-refractivity contribution in [3.63, 3.8) is 0 Å². The van der Waals surface area contributed by atoms with Gasteiger partial charge < -0.3 is 0 Å². The molecule has 3 rings (SSSR count). The molecular formula is C16H21NO. The molecule has 0 radical (unpaired) electrons. The third-order valence-corrected chi connectivity index (χ3v) is 4.48. The Kier molecular flexibility index (Phi) is 3.46. The molecule has 2 fully saturated rings. The van der Waals surface area contributed by atoms with E-state index >= 15 is 0 Å². The second kappa shape index (κ2) is 5.23. The molecule has 2 heterocycles. The number of benzene rings is 1. The topological polar surface area (TPSA) is 20.3 Å². The Hall–Kier alpha value is -1.15. The molecule has 2 saturated heterocycles. The van der Waals surface area contributed by atoms with Gasteiger partial charge in [-0.1, -0.05) is 36.8 Å². The van der Waals surface area contributed by atoms with Crippen LogP contribution in [0.2, 0.25) is 0 Å². The Morgan fingerprint density at radius 3 is 2.72 bits per heavy atom. The van der Waals surface area contributed by atoms with Gasteiger partial charge >= 0.3 is 0 Å². The first-order valence-electron chi connectivity index (χ1n) is 7.18. The van der Waals surface area contributed by atoms with Crippen LogP contribution in [0, 0.1) is 5.92 Å². The Bertz CT molecular complexity index is 414. The van der Waals surface area contributed by atoms with Gasteiger partial charge in [0.2, 0.25) is 0 Å². The lowest BCUT2D eigenvalue weighted by Crippen LogP contribution is -2.47. The standard InChI is InChI=1S/C16H21NO/c18-16(13-6-2-1-3-7-13)14-9-10-15-8-4-5-11-17(15)12-14/h1-3,6-7,14-15H,4-5,8-12H2. The minimum absolute atomic E-state index is 0.224. The zero-order valence-corrected chi connectivity index (χ0v) is 10.8. The van der Waals surface area contributed by atoms with Crippen molar-refractivity contribution in [3.8, 4) is 0 Å². The summed E-state index contributed by atoms with van der Waals surface area (Å²) >= 11 is 0. The number of Topliss-reactive ketones (excluding diaryl/α,β-unsaturated/α-hetero) is 1. The average Bonchev–Trinajstić information content (AvgIpc) is 2.47. The van der Waals surface area contributed by atoms with Crippen LogP contribution in [-0.2, 0) is 0 Å². The van der Waals surface area contributed by atoms with E-state index in [9.17, 15) is 4.79 Å². The molecule has 0 aliphatic carbocycles. The molecule has 96 valence electrons. The Labute approximate surface area is 109 Å². The summed E-state index contributed by atoms with van der Waals surface area (Å²) in [4.78, 5) is 15.0. The van der Waals surface area contributed by atoms with Crippen LogP contribution in [0.4, 0.5) is 0 Å². The van der Waals surface area contributed by atoms with E-state index in [4.69, 9.17) is 0 Å². The van der Waals surface area contributed by atoms with Crippen LogP contribution in [0.5, 0.6) is 0 Å². The number of rotatable bonds is 2. The van der Waals surface area contributed by atoms with Crippen molar-refractivity contribution in [1.82, 2.24) is 4.90 Å². The van der Waals surface area contributed by atoms with E-state index in [1.165, 1.54) is 32.2 Å². The van der Waals surface area contributed by atoms with E-state index in [0.29, 0.717) is 5.78 Å². The van der Waals surface area contributed by atoms with Gasteiger partial charge in [0.1, 0.15) is 0 Å². The summed E-state index contributed by atoms with van der Waals surface area (Å²) in [6.07, 6.45) is 6.31. The minimum atomic E-state index is 0.224. The monoisotopic (exact) mass is 243 g/mol. The molecule has 2 nitrogen and oxygen atoms in total. The SMILES string of the molecule is O=C(c1ccccc1)C1CCC2CCCCN2C1. The molecule has 0 bridgehead atoms. The Morgan fingerprint density at radius 2 is 1.89 bits per heavy atom. The molecule has 18 heavy (non-hydrogen) atoms. The normalized spacial score (nSPS) is 28.7. The van der Waals surface area contributed by atoms with Crippen molar-refractivity contribution in [3.05, 3.63) is 35.9 Å². The molecule has 1 aromatic carbocycles. The molecule has 0 amide bonds. The van der Waals surface area contributed by atoms with Crippen LogP contribution in [0.15, 0.2) is 30.3 Å². The van der Waals surface area contributed by atoms with Crippen LogP contribution < -0.4 is 0 Å². The second-order valence-corrected chi connectivity index (χ2v) is 5.65. The smallest absolute Gasteiger partial charge is 0.167 e. The second-order valence-electron chi connectivity index (χ2n) is 5.65. The lowest BCUT2D eigenvalue weighted by molar-refractivity contribution is 0.0591. The molecule has 0 saturated carbocycles. The number of carbonyl (C=O) groups excluding carboxylic acids is 1.